The SMILES string of the molecule is CC(C)(C)N=NCc1ccccc1C1=C(C(C)(C)C)C=CC1. The molecule has 0 saturated heterocycles. The summed E-state index contributed by atoms with van der Waals surface area (Å²) in [6.45, 7) is 13.7. The Hall–Kier alpha value is -1.70. The van der Waals surface area contributed by atoms with E-state index in [4.69, 9.17) is 0 Å². The number of benzene rings is 1. The van der Waals surface area contributed by atoms with Crippen molar-refractivity contribution < 1.29 is 0 Å². The second kappa shape index (κ2) is 6.20. The van der Waals surface area contributed by atoms with Gasteiger partial charge >= 0.3 is 0 Å². The normalized spacial score (nSPS) is 16.1. The number of azo groups is 1. The average molecular weight is 296 g/mol. The average Bonchev–Trinajstić information content (AvgIpc) is 2.87. The van der Waals surface area contributed by atoms with Gasteiger partial charge < -0.3 is 0 Å². The van der Waals surface area contributed by atoms with Gasteiger partial charge in [-0.15, -0.1) is 0 Å². The maximum absolute atomic E-state index is 4.41. The molecule has 118 valence electrons. The largest absolute Gasteiger partial charge is 0.189 e. The zero-order valence-electron chi connectivity index (χ0n) is 14.8. The zero-order valence-corrected chi connectivity index (χ0v) is 14.8. The van der Waals surface area contributed by atoms with Crippen LogP contribution in [0.3, 0.4) is 0 Å². The molecular formula is C20H28N2. The van der Waals surface area contributed by atoms with E-state index in [1.165, 1.54) is 22.3 Å². The molecule has 0 radical (unpaired) electrons. The van der Waals surface area contributed by atoms with Gasteiger partial charge in [0.15, 0.2) is 0 Å². The van der Waals surface area contributed by atoms with E-state index >= 15 is 0 Å². The maximum atomic E-state index is 4.41. The first-order chi connectivity index (χ1) is 10.2. The van der Waals surface area contributed by atoms with E-state index in [9.17, 15) is 0 Å². The molecular weight excluding hydrogens is 268 g/mol. The lowest BCUT2D eigenvalue weighted by Gasteiger charge is -2.23. The van der Waals surface area contributed by atoms with Crippen LogP contribution in [0.4, 0.5) is 0 Å². The summed E-state index contributed by atoms with van der Waals surface area (Å²) >= 11 is 0. The van der Waals surface area contributed by atoms with Gasteiger partial charge in [0, 0.05) is 0 Å². The predicted molar refractivity (Wildman–Crippen MR) is 94.9 cm³/mol. The summed E-state index contributed by atoms with van der Waals surface area (Å²) in [5.74, 6) is 0. The maximum Gasteiger partial charge on any atom is 0.0855 e. The molecule has 0 unspecified atom stereocenters. The third-order valence-corrected chi connectivity index (χ3v) is 3.69. The first-order valence-electron chi connectivity index (χ1n) is 8.05. The van der Waals surface area contributed by atoms with E-state index in [1.54, 1.807) is 0 Å². The molecule has 0 heterocycles. The zero-order chi connectivity index (χ0) is 16.4. The van der Waals surface area contributed by atoms with Crippen LogP contribution in [-0.2, 0) is 6.54 Å². The number of nitrogens with zero attached hydrogens (tertiary/aromatic N) is 2. The van der Waals surface area contributed by atoms with E-state index in [2.05, 4.69) is 88.2 Å². The second-order valence-corrected chi connectivity index (χ2v) is 7.98. The predicted octanol–water partition coefficient (Wildman–Crippen LogP) is 6.20. The molecule has 0 aliphatic heterocycles. The summed E-state index contributed by atoms with van der Waals surface area (Å²) in [5, 5.41) is 8.79. The van der Waals surface area contributed by atoms with Crippen molar-refractivity contribution in [2.45, 2.75) is 60.0 Å². The molecule has 0 bridgehead atoms. The van der Waals surface area contributed by atoms with Gasteiger partial charge in [0.2, 0.25) is 0 Å². The van der Waals surface area contributed by atoms with Crippen LogP contribution in [0.25, 0.3) is 5.57 Å². The Labute approximate surface area is 135 Å². The van der Waals surface area contributed by atoms with Gasteiger partial charge in [-0.25, -0.2) is 0 Å². The van der Waals surface area contributed by atoms with E-state index in [0.29, 0.717) is 6.54 Å². The number of allylic oxidation sites excluding steroid dienone is 4. The van der Waals surface area contributed by atoms with E-state index in [0.717, 1.165) is 6.42 Å². The first kappa shape index (κ1) is 16.7. The van der Waals surface area contributed by atoms with Crippen molar-refractivity contribution in [3.8, 4) is 0 Å². The molecule has 2 rings (SSSR count). The highest BCUT2D eigenvalue weighted by Crippen LogP contribution is 2.40. The molecule has 1 aliphatic carbocycles. The molecule has 1 aromatic rings. The summed E-state index contributed by atoms with van der Waals surface area (Å²) < 4.78 is 0. The lowest BCUT2D eigenvalue weighted by atomic mass is 9.82. The molecule has 0 N–H and O–H groups in total. The Morgan fingerprint density at radius 2 is 1.68 bits per heavy atom. The van der Waals surface area contributed by atoms with Crippen LogP contribution in [0, 0.1) is 5.41 Å². The van der Waals surface area contributed by atoms with E-state index in [1.807, 2.05) is 0 Å². The fourth-order valence-corrected chi connectivity index (χ4v) is 2.74. The fraction of sp³-hybridized carbons (Fsp3) is 0.500. The second-order valence-electron chi connectivity index (χ2n) is 7.98. The van der Waals surface area contributed by atoms with Crippen LogP contribution >= 0.6 is 0 Å². The number of hydrogen-bond acceptors (Lipinski definition) is 2. The van der Waals surface area contributed by atoms with Crippen molar-refractivity contribution in [3.63, 3.8) is 0 Å². The summed E-state index contributed by atoms with van der Waals surface area (Å²) in [6, 6.07) is 8.59. The highest BCUT2D eigenvalue weighted by molar-refractivity contribution is 5.77. The van der Waals surface area contributed by atoms with Crippen LogP contribution in [-0.4, -0.2) is 5.54 Å². The van der Waals surface area contributed by atoms with Gasteiger partial charge in [-0.05, 0) is 54.9 Å². The Morgan fingerprint density at radius 1 is 1.00 bits per heavy atom. The molecule has 2 nitrogen and oxygen atoms in total. The third kappa shape index (κ3) is 4.16. The van der Waals surface area contributed by atoms with Crippen molar-refractivity contribution in [2.24, 2.45) is 15.6 Å². The molecule has 0 atom stereocenters. The van der Waals surface area contributed by atoms with Crippen molar-refractivity contribution in [2.75, 3.05) is 0 Å². The Balaban J connectivity index is 2.36. The summed E-state index contributed by atoms with van der Waals surface area (Å²) in [4.78, 5) is 0. The molecule has 0 spiro atoms. The lowest BCUT2D eigenvalue weighted by molar-refractivity contribution is 0.520. The van der Waals surface area contributed by atoms with E-state index < -0.39 is 0 Å². The fourth-order valence-electron chi connectivity index (χ4n) is 2.74. The van der Waals surface area contributed by atoms with Crippen LogP contribution < -0.4 is 0 Å². The summed E-state index contributed by atoms with van der Waals surface area (Å²) in [5.41, 5.74) is 5.52. The number of hydrogen-bond donors (Lipinski definition) is 0. The quantitative estimate of drug-likeness (QED) is 0.593. The highest BCUT2D eigenvalue weighted by atomic mass is 15.1. The molecule has 0 aromatic heterocycles. The first-order valence-corrected chi connectivity index (χ1v) is 8.05. The number of rotatable bonds is 3. The van der Waals surface area contributed by atoms with Gasteiger partial charge in [-0.3, -0.25) is 0 Å². The monoisotopic (exact) mass is 296 g/mol. The van der Waals surface area contributed by atoms with Crippen LogP contribution in [0.1, 0.15) is 59.1 Å². The molecule has 0 amide bonds. The van der Waals surface area contributed by atoms with Crippen molar-refractivity contribution in [1.29, 1.82) is 0 Å². The standard InChI is InChI=1S/C20H28N2/c1-19(2,3)18-13-9-12-17(18)16-11-8-7-10-15(16)14-21-22-20(4,5)6/h7-11,13H,12,14H2,1-6H3. The third-order valence-electron chi connectivity index (χ3n) is 3.69. The van der Waals surface area contributed by atoms with Crippen molar-refractivity contribution >= 4 is 5.57 Å². The van der Waals surface area contributed by atoms with Crippen molar-refractivity contribution in [3.05, 3.63) is 53.1 Å². The van der Waals surface area contributed by atoms with Gasteiger partial charge in [-0.1, -0.05) is 57.2 Å². The molecule has 1 aliphatic rings. The highest BCUT2D eigenvalue weighted by Gasteiger charge is 2.23. The smallest absolute Gasteiger partial charge is 0.0855 e. The van der Waals surface area contributed by atoms with Crippen LogP contribution in [0.15, 0.2) is 52.2 Å². The Kier molecular flexibility index (Phi) is 4.69. The van der Waals surface area contributed by atoms with Crippen molar-refractivity contribution in [1.82, 2.24) is 0 Å². The minimum atomic E-state index is -0.111. The van der Waals surface area contributed by atoms with Gasteiger partial charge in [-0.2, -0.15) is 10.2 Å². The molecule has 22 heavy (non-hydrogen) atoms. The van der Waals surface area contributed by atoms with Crippen LogP contribution in [0.2, 0.25) is 0 Å². The summed E-state index contributed by atoms with van der Waals surface area (Å²) in [7, 11) is 0. The minimum absolute atomic E-state index is 0.111. The summed E-state index contributed by atoms with van der Waals surface area (Å²) in [6.07, 6.45) is 5.56. The molecule has 1 aromatic carbocycles. The topological polar surface area (TPSA) is 24.7 Å². The molecule has 0 saturated carbocycles. The van der Waals surface area contributed by atoms with Gasteiger partial charge in [0.1, 0.15) is 0 Å². The molecule has 2 heteroatoms. The molecule has 0 fully saturated rings. The Bertz CT molecular complexity index is 620. The minimum Gasteiger partial charge on any atom is -0.189 e. The lowest BCUT2D eigenvalue weighted by Crippen LogP contribution is -2.09. The van der Waals surface area contributed by atoms with Gasteiger partial charge in [0.25, 0.3) is 0 Å². The van der Waals surface area contributed by atoms with Crippen LogP contribution in [0.5, 0.6) is 0 Å². The van der Waals surface area contributed by atoms with Gasteiger partial charge in [0.05, 0.1) is 12.1 Å². The van der Waals surface area contributed by atoms with E-state index in [-0.39, 0.29) is 11.0 Å². The Morgan fingerprint density at radius 3 is 2.32 bits per heavy atom.